The average molecular weight is 377 g/mol. The highest BCUT2D eigenvalue weighted by molar-refractivity contribution is 4.92. The van der Waals surface area contributed by atoms with Crippen molar-refractivity contribution in [1.82, 2.24) is 0 Å². The Balaban J connectivity index is 3.09. The Morgan fingerprint density at radius 1 is 0.333 bits per heavy atom. The normalized spacial score (nSPS) is 11.9. The first-order valence-electron chi connectivity index (χ1n) is 12.7. The van der Waals surface area contributed by atoms with Crippen molar-refractivity contribution in [3.63, 3.8) is 0 Å². The quantitative estimate of drug-likeness (QED) is 0.130. The molecule has 0 spiro atoms. The molecule has 0 amide bonds. The maximum Gasteiger partial charge on any atom is -0.0169 e. The Bertz CT molecular complexity index is 299. The fraction of sp³-hybridized carbons (Fsp3) is 0.852. The SMILES string of the molecule is CCCCC/C=C/C/C=C/CCCCCCCCCCCCCCCCC. The summed E-state index contributed by atoms with van der Waals surface area (Å²) in [6.07, 6.45) is 38.9. The van der Waals surface area contributed by atoms with Gasteiger partial charge >= 0.3 is 0 Å². The van der Waals surface area contributed by atoms with E-state index in [1.54, 1.807) is 0 Å². The van der Waals surface area contributed by atoms with Gasteiger partial charge in [-0.3, -0.25) is 0 Å². The molecule has 0 atom stereocenters. The maximum absolute atomic E-state index is 2.39. The molecule has 0 nitrogen and oxygen atoms in total. The summed E-state index contributed by atoms with van der Waals surface area (Å²) in [5, 5.41) is 0. The van der Waals surface area contributed by atoms with Gasteiger partial charge in [-0.05, 0) is 32.1 Å². The van der Waals surface area contributed by atoms with Gasteiger partial charge in [0.1, 0.15) is 0 Å². The van der Waals surface area contributed by atoms with Crippen LogP contribution in [-0.4, -0.2) is 0 Å². The third-order valence-electron chi connectivity index (χ3n) is 5.55. The lowest BCUT2D eigenvalue weighted by molar-refractivity contribution is 0.533. The molecule has 0 unspecified atom stereocenters. The molecule has 0 aliphatic carbocycles. The van der Waals surface area contributed by atoms with E-state index < -0.39 is 0 Å². The van der Waals surface area contributed by atoms with E-state index in [1.807, 2.05) is 0 Å². The summed E-state index contributed by atoms with van der Waals surface area (Å²) in [7, 11) is 0. The lowest BCUT2D eigenvalue weighted by atomic mass is 10.0. The van der Waals surface area contributed by atoms with Gasteiger partial charge in [0.2, 0.25) is 0 Å². The van der Waals surface area contributed by atoms with Crippen molar-refractivity contribution in [3.8, 4) is 0 Å². The summed E-state index contributed by atoms with van der Waals surface area (Å²) < 4.78 is 0. The van der Waals surface area contributed by atoms with Gasteiger partial charge in [0.15, 0.2) is 0 Å². The second kappa shape index (κ2) is 25.5. The van der Waals surface area contributed by atoms with E-state index >= 15 is 0 Å². The molecule has 0 bridgehead atoms. The molecular formula is C27H52. The smallest absolute Gasteiger partial charge is 0.0169 e. The monoisotopic (exact) mass is 376 g/mol. The van der Waals surface area contributed by atoms with Gasteiger partial charge in [0, 0.05) is 0 Å². The standard InChI is InChI=1S/C27H52/c1-3-5-7-9-11-13-15-17-19-21-23-25-27-26-24-22-20-18-16-14-12-10-8-6-4-2/h11,13,17,19H,3-10,12,14-16,18,20-27H2,1-2H3/b13-11+,19-17+. The average Bonchev–Trinajstić information content (AvgIpc) is 2.68. The first-order chi connectivity index (χ1) is 13.4. The lowest BCUT2D eigenvalue weighted by Crippen LogP contribution is -1.83. The van der Waals surface area contributed by atoms with E-state index in [-0.39, 0.29) is 0 Å². The van der Waals surface area contributed by atoms with Crippen LogP contribution in [0.4, 0.5) is 0 Å². The first kappa shape index (κ1) is 26.5. The predicted octanol–water partition coefficient (Wildman–Crippen LogP) is 10.3. The Morgan fingerprint density at radius 3 is 1.04 bits per heavy atom. The summed E-state index contributed by atoms with van der Waals surface area (Å²) in [5.74, 6) is 0. The second-order valence-electron chi connectivity index (χ2n) is 8.41. The van der Waals surface area contributed by atoms with E-state index in [0.29, 0.717) is 0 Å². The molecule has 0 heteroatoms. The van der Waals surface area contributed by atoms with E-state index in [1.165, 1.54) is 128 Å². The van der Waals surface area contributed by atoms with E-state index in [9.17, 15) is 0 Å². The number of allylic oxidation sites excluding steroid dienone is 4. The first-order valence-corrected chi connectivity index (χ1v) is 12.7. The topological polar surface area (TPSA) is 0 Å². The van der Waals surface area contributed by atoms with E-state index in [4.69, 9.17) is 0 Å². The molecule has 0 fully saturated rings. The molecule has 0 aromatic heterocycles. The molecular weight excluding hydrogens is 324 g/mol. The van der Waals surface area contributed by atoms with Crippen LogP contribution in [0.5, 0.6) is 0 Å². The predicted molar refractivity (Wildman–Crippen MR) is 127 cm³/mol. The van der Waals surface area contributed by atoms with Crippen LogP contribution in [0.3, 0.4) is 0 Å². The minimum absolute atomic E-state index is 1.13. The van der Waals surface area contributed by atoms with Gasteiger partial charge < -0.3 is 0 Å². The molecule has 0 aromatic rings. The van der Waals surface area contributed by atoms with Crippen molar-refractivity contribution < 1.29 is 0 Å². The minimum atomic E-state index is 1.13. The molecule has 0 rings (SSSR count). The summed E-state index contributed by atoms with van der Waals surface area (Å²) in [5.41, 5.74) is 0. The van der Waals surface area contributed by atoms with Crippen molar-refractivity contribution in [3.05, 3.63) is 24.3 Å². The van der Waals surface area contributed by atoms with Gasteiger partial charge in [0.05, 0.1) is 0 Å². The van der Waals surface area contributed by atoms with Gasteiger partial charge in [0.25, 0.3) is 0 Å². The van der Waals surface area contributed by atoms with Crippen molar-refractivity contribution in [2.45, 2.75) is 149 Å². The fourth-order valence-electron chi connectivity index (χ4n) is 3.65. The summed E-state index contributed by atoms with van der Waals surface area (Å²) in [6.45, 7) is 4.57. The maximum atomic E-state index is 2.39. The van der Waals surface area contributed by atoms with Crippen LogP contribution in [0.25, 0.3) is 0 Å². The summed E-state index contributed by atoms with van der Waals surface area (Å²) >= 11 is 0. The summed E-state index contributed by atoms with van der Waals surface area (Å²) in [6, 6.07) is 0. The molecule has 160 valence electrons. The van der Waals surface area contributed by atoms with Gasteiger partial charge in [-0.1, -0.05) is 141 Å². The van der Waals surface area contributed by atoms with Crippen molar-refractivity contribution in [2.75, 3.05) is 0 Å². The Labute approximate surface area is 173 Å². The molecule has 0 aromatic carbocycles. The molecule has 0 aliphatic rings. The molecule has 0 saturated carbocycles. The van der Waals surface area contributed by atoms with Crippen molar-refractivity contribution in [1.29, 1.82) is 0 Å². The molecule has 0 N–H and O–H groups in total. The molecule has 27 heavy (non-hydrogen) atoms. The van der Waals surface area contributed by atoms with Crippen LogP contribution in [0.1, 0.15) is 149 Å². The fourth-order valence-corrected chi connectivity index (χ4v) is 3.65. The molecule has 0 radical (unpaired) electrons. The zero-order valence-corrected chi connectivity index (χ0v) is 19.2. The highest BCUT2D eigenvalue weighted by atomic mass is 14.0. The molecule has 0 aliphatic heterocycles. The van der Waals surface area contributed by atoms with Gasteiger partial charge in [-0.25, -0.2) is 0 Å². The number of unbranched alkanes of at least 4 members (excludes halogenated alkanes) is 18. The molecule has 0 heterocycles. The molecule has 0 saturated heterocycles. The Morgan fingerprint density at radius 2 is 0.630 bits per heavy atom. The summed E-state index contributed by atoms with van der Waals surface area (Å²) in [4.78, 5) is 0. The van der Waals surface area contributed by atoms with Crippen LogP contribution in [0, 0.1) is 0 Å². The van der Waals surface area contributed by atoms with Gasteiger partial charge in [-0.15, -0.1) is 0 Å². The zero-order chi connectivity index (χ0) is 19.7. The van der Waals surface area contributed by atoms with Crippen LogP contribution in [0.15, 0.2) is 24.3 Å². The third-order valence-corrected chi connectivity index (χ3v) is 5.55. The van der Waals surface area contributed by atoms with E-state index in [2.05, 4.69) is 38.2 Å². The highest BCUT2D eigenvalue weighted by Gasteiger charge is 1.94. The van der Waals surface area contributed by atoms with Crippen LogP contribution < -0.4 is 0 Å². The van der Waals surface area contributed by atoms with E-state index in [0.717, 1.165) is 6.42 Å². The second-order valence-corrected chi connectivity index (χ2v) is 8.41. The van der Waals surface area contributed by atoms with Crippen molar-refractivity contribution in [2.24, 2.45) is 0 Å². The Hall–Kier alpha value is -0.520. The van der Waals surface area contributed by atoms with Crippen molar-refractivity contribution >= 4 is 0 Å². The number of hydrogen-bond donors (Lipinski definition) is 0. The lowest BCUT2D eigenvalue weighted by Gasteiger charge is -2.03. The highest BCUT2D eigenvalue weighted by Crippen LogP contribution is 2.13. The zero-order valence-electron chi connectivity index (χ0n) is 19.2. The Kier molecular flexibility index (Phi) is 25.0. The van der Waals surface area contributed by atoms with Gasteiger partial charge in [-0.2, -0.15) is 0 Å². The largest absolute Gasteiger partial charge is 0.0882 e. The van der Waals surface area contributed by atoms with Crippen LogP contribution >= 0.6 is 0 Å². The third kappa shape index (κ3) is 25.5. The number of rotatable bonds is 22. The van der Waals surface area contributed by atoms with Crippen LogP contribution in [-0.2, 0) is 0 Å². The van der Waals surface area contributed by atoms with Crippen LogP contribution in [0.2, 0.25) is 0 Å². The minimum Gasteiger partial charge on any atom is -0.0882 e. The number of hydrogen-bond acceptors (Lipinski definition) is 0.